The fourth-order valence-electron chi connectivity index (χ4n) is 3.02. The van der Waals surface area contributed by atoms with E-state index < -0.39 is 0 Å². The van der Waals surface area contributed by atoms with Crippen LogP contribution in [0.3, 0.4) is 0 Å². The highest BCUT2D eigenvalue weighted by atomic mass is 32.2. The second-order valence-corrected chi connectivity index (χ2v) is 7.53. The Bertz CT molecular complexity index is 547. The number of thioether (sulfide) groups is 1. The number of unbranched alkanes of at least 4 members (excludes halogenated alkanes) is 9. The van der Waals surface area contributed by atoms with E-state index in [1.165, 1.54) is 85.8 Å². The summed E-state index contributed by atoms with van der Waals surface area (Å²) in [5.41, 5.74) is 0. The zero-order valence-corrected chi connectivity index (χ0v) is 15.5. The van der Waals surface area contributed by atoms with E-state index in [9.17, 15) is 0 Å². The number of benzene rings is 1. The maximum atomic E-state index is 3.41. The summed E-state index contributed by atoms with van der Waals surface area (Å²) in [6.07, 6.45) is 16.1. The summed E-state index contributed by atoms with van der Waals surface area (Å²) in [6, 6.07) is 10.8. The first kappa shape index (κ1) is 18.3. The molecule has 0 saturated carbocycles. The number of aromatic nitrogens is 1. The van der Waals surface area contributed by atoms with Crippen molar-refractivity contribution >= 4 is 22.5 Å². The third-order valence-corrected chi connectivity index (χ3v) is 5.55. The molecule has 0 radical (unpaired) electrons. The van der Waals surface area contributed by atoms with Gasteiger partial charge in [-0.05, 0) is 17.9 Å². The van der Waals surface area contributed by atoms with Crippen LogP contribution in [-0.2, 0) is 0 Å². The largest absolute Gasteiger partial charge is 0.246 e. The third-order valence-electron chi connectivity index (χ3n) is 4.43. The van der Waals surface area contributed by atoms with E-state index in [-0.39, 0.29) is 0 Å². The Morgan fingerprint density at radius 2 is 1.43 bits per heavy atom. The number of aromatic amines is 1. The highest BCUT2D eigenvalue weighted by Gasteiger charge is 2.07. The van der Waals surface area contributed by atoms with Crippen LogP contribution in [-0.4, -0.2) is 5.75 Å². The Kier molecular flexibility index (Phi) is 9.16. The first-order valence-electron chi connectivity index (χ1n) is 9.44. The molecule has 0 atom stereocenters. The summed E-state index contributed by atoms with van der Waals surface area (Å²) in [7, 11) is 0. The van der Waals surface area contributed by atoms with Gasteiger partial charge in [-0.3, -0.25) is 0 Å². The van der Waals surface area contributed by atoms with Crippen molar-refractivity contribution < 1.29 is 4.98 Å². The van der Waals surface area contributed by atoms with Crippen molar-refractivity contribution in [3.8, 4) is 0 Å². The topological polar surface area (TPSA) is 14.1 Å². The molecule has 1 nitrogen and oxygen atoms in total. The third kappa shape index (κ3) is 6.95. The lowest BCUT2D eigenvalue weighted by atomic mass is 10.1. The van der Waals surface area contributed by atoms with E-state index in [0.29, 0.717) is 0 Å². The molecule has 2 rings (SSSR count). The summed E-state index contributed by atoms with van der Waals surface area (Å²) in [5, 5.41) is 4.00. The molecule has 0 aliphatic heterocycles. The summed E-state index contributed by atoms with van der Waals surface area (Å²) >= 11 is 1.97. The fourth-order valence-corrected chi connectivity index (χ4v) is 4.06. The van der Waals surface area contributed by atoms with E-state index in [1.807, 2.05) is 11.8 Å². The summed E-state index contributed by atoms with van der Waals surface area (Å²) in [4.78, 5) is 3.41. The van der Waals surface area contributed by atoms with Crippen molar-refractivity contribution in [3.63, 3.8) is 0 Å². The first-order valence-corrected chi connectivity index (χ1v) is 10.4. The highest BCUT2D eigenvalue weighted by molar-refractivity contribution is 7.99. The molecular formula is C21H32NS+. The van der Waals surface area contributed by atoms with Crippen LogP contribution < -0.4 is 4.98 Å². The minimum atomic E-state index is 1.22. The van der Waals surface area contributed by atoms with E-state index in [2.05, 4.69) is 48.4 Å². The molecule has 23 heavy (non-hydrogen) atoms. The van der Waals surface area contributed by atoms with Crippen LogP contribution in [0.5, 0.6) is 0 Å². The van der Waals surface area contributed by atoms with Gasteiger partial charge in [0, 0.05) is 11.8 Å². The monoisotopic (exact) mass is 330 g/mol. The van der Waals surface area contributed by atoms with Gasteiger partial charge in [0.2, 0.25) is 5.03 Å². The molecule has 0 saturated heterocycles. The molecule has 0 amide bonds. The molecule has 1 aromatic heterocycles. The Morgan fingerprint density at radius 3 is 2.17 bits per heavy atom. The summed E-state index contributed by atoms with van der Waals surface area (Å²) < 4.78 is 0. The molecule has 1 N–H and O–H groups in total. The number of H-pyrrole nitrogens is 1. The SMILES string of the molecule is CCCCCCCCCCCCSc1[nH+]ccc2ccccc12. The average Bonchev–Trinajstić information content (AvgIpc) is 2.60. The molecule has 0 spiro atoms. The van der Waals surface area contributed by atoms with E-state index >= 15 is 0 Å². The Morgan fingerprint density at radius 1 is 0.783 bits per heavy atom. The van der Waals surface area contributed by atoms with Gasteiger partial charge >= 0.3 is 0 Å². The Labute approximate surface area is 146 Å². The van der Waals surface area contributed by atoms with Crippen molar-refractivity contribution in [2.75, 3.05) is 5.75 Å². The molecule has 1 heterocycles. The minimum absolute atomic E-state index is 1.22. The second-order valence-electron chi connectivity index (χ2n) is 6.42. The predicted molar refractivity (Wildman–Crippen MR) is 103 cm³/mol. The summed E-state index contributed by atoms with van der Waals surface area (Å²) in [5.74, 6) is 1.22. The number of nitrogens with one attached hydrogen (secondary N) is 1. The number of fused-ring (bicyclic) bond motifs is 1. The zero-order valence-electron chi connectivity index (χ0n) is 14.7. The molecule has 2 aromatic rings. The van der Waals surface area contributed by atoms with Crippen molar-refractivity contribution in [1.82, 2.24) is 0 Å². The molecular weight excluding hydrogens is 298 g/mol. The smallest absolute Gasteiger partial charge is 0.205 e. The van der Waals surface area contributed by atoms with Crippen LogP contribution in [0.4, 0.5) is 0 Å². The Balaban J connectivity index is 1.54. The van der Waals surface area contributed by atoms with Crippen molar-refractivity contribution in [3.05, 3.63) is 36.5 Å². The van der Waals surface area contributed by atoms with Gasteiger partial charge in [-0.25, -0.2) is 4.98 Å². The van der Waals surface area contributed by atoms with Gasteiger partial charge < -0.3 is 0 Å². The molecule has 126 valence electrons. The number of pyridine rings is 1. The van der Waals surface area contributed by atoms with Crippen LogP contribution in [0.2, 0.25) is 0 Å². The molecule has 0 aliphatic rings. The van der Waals surface area contributed by atoms with Crippen LogP contribution in [0, 0.1) is 0 Å². The lowest BCUT2D eigenvalue weighted by Crippen LogP contribution is -2.05. The molecule has 1 aromatic carbocycles. The van der Waals surface area contributed by atoms with Gasteiger partial charge in [0.15, 0.2) is 6.20 Å². The second kappa shape index (κ2) is 11.5. The van der Waals surface area contributed by atoms with Gasteiger partial charge in [-0.2, -0.15) is 0 Å². The molecule has 0 bridgehead atoms. The maximum absolute atomic E-state index is 3.41. The standard InChI is InChI=1S/C21H31NS/c1-2-3-4-5-6-7-8-9-10-13-18-23-21-20-15-12-11-14-19(20)16-17-22-21/h11-12,14-17H,2-10,13,18H2,1H3/p+1. The first-order chi connectivity index (χ1) is 11.4. The molecule has 0 unspecified atom stereocenters. The maximum Gasteiger partial charge on any atom is 0.246 e. The predicted octanol–water partition coefficient (Wildman–Crippen LogP) is 6.67. The average molecular weight is 331 g/mol. The zero-order chi connectivity index (χ0) is 16.2. The Hall–Kier alpha value is -1.02. The molecule has 0 aliphatic carbocycles. The van der Waals surface area contributed by atoms with Crippen molar-refractivity contribution in [2.24, 2.45) is 0 Å². The lowest BCUT2D eigenvalue weighted by molar-refractivity contribution is -0.423. The van der Waals surface area contributed by atoms with Crippen LogP contribution in [0.15, 0.2) is 41.6 Å². The quantitative estimate of drug-likeness (QED) is 0.313. The van der Waals surface area contributed by atoms with Gasteiger partial charge in [-0.1, -0.05) is 94.7 Å². The highest BCUT2D eigenvalue weighted by Crippen LogP contribution is 2.24. The summed E-state index contributed by atoms with van der Waals surface area (Å²) in [6.45, 7) is 2.29. The minimum Gasteiger partial charge on any atom is -0.205 e. The normalized spacial score (nSPS) is 11.2. The van der Waals surface area contributed by atoms with E-state index in [0.717, 1.165) is 0 Å². The van der Waals surface area contributed by atoms with Gasteiger partial charge in [0.05, 0.1) is 5.39 Å². The fraction of sp³-hybridized carbons (Fsp3) is 0.571. The van der Waals surface area contributed by atoms with Gasteiger partial charge in [0.1, 0.15) is 0 Å². The van der Waals surface area contributed by atoms with Crippen molar-refractivity contribution in [1.29, 1.82) is 0 Å². The van der Waals surface area contributed by atoms with E-state index in [4.69, 9.17) is 0 Å². The van der Waals surface area contributed by atoms with Crippen LogP contribution >= 0.6 is 11.8 Å². The molecule has 2 heteroatoms. The van der Waals surface area contributed by atoms with Crippen LogP contribution in [0.25, 0.3) is 10.8 Å². The number of hydrogen-bond acceptors (Lipinski definition) is 1. The molecule has 0 fully saturated rings. The lowest BCUT2D eigenvalue weighted by Gasteiger charge is -2.02. The number of rotatable bonds is 12. The van der Waals surface area contributed by atoms with Gasteiger partial charge in [-0.15, -0.1) is 0 Å². The van der Waals surface area contributed by atoms with Crippen molar-refractivity contribution in [2.45, 2.75) is 76.2 Å². The van der Waals surface area contributed by atoms with Gasteiger partial charge in [0.25, 0.3) is 0 Å². The van der Waals surface area contributed by atoms with Crippen LogP contribution in [0.1, 0.15) is 71.1 Å². The number of hydrogen-bond donors (Lipinski definition) is 0. The van der Waals surface area contributed by atoms with E-state index in [1.54, 1.807) is 0 Å².